The van der Waals surface area contributed by atoms with Gasteiger partial charge < -0.3 is 14.4 Å². The summed E-state index contributed by atoms with van der Waals surface area (Å²) in [5, 5.41) is 0. The standard InChI is InChI=1S/C12H15NO2.C3H6/c1-9-10(2)14-8-15-12-7-5-4-6-11(12)13(9)3;1-3-2/h4-7H,8H2,1-3H3;3H,1H2,2H3/b10-9-;. The molecule has 0 radical (unpaired) electrons. The van der Waals surface area contributed by atoms with Crippen molar-refractivity contribution in [1.82, 2.24) is 0 Å². The molecular weight excluding hydrogens is 226 g/mol. The lowest BCUT2D eigenvalue weighted by Gasteiger charge is -2.27. The van der Waals surface area contributed by atoms with E-state index in [9.17, 15) is 0 Å². The summed E-state index contributed by atoms with van der Waals surface area (Å²) in [6, 6.07) is 7.95. The second kappa shape index (κ2) is 6.74. The van der Waals surface area contributed by atoms with Crippen molar-refractivity contribution >= 4 is 5.69 Å². The fraction of sp³-hybridized carbons (Fsp3) is 0.333. The molecular formula is C15H21NO2. The van der Waals surface area contributed by atoms with Crippen molar-refractivity contribution in [2.45, 2.75) is 20.8 Å². The second-order valence-electron chi connectivity index (χ2n) is 3.98. The van der Waals surface area contributed by atoms with Gasteiger partial charge in [0, 0.05) is 7.05 Å². The van der Waals surface area contributed by atoms with Crippen LogP contribution in [-0.4, -0.2) is 13.8 Å². The molecule has 1 heterocycles. The van der Waals surface area contributed by atoms with Crippen LogP contribution in [0.4, 0.5) is 5.69 Å². The first kappa shape index (κ1) is 14.2. The Morgan fingerprint density at radius 3 is 2.50 bits per heavy atom. The molecule has 3 nitrogen and oxygen atoms in total. The fourth-order valence-corrected chi connectivity index (χ4v) is 1.56. The van der Waals surface area contributed by atoms with Crippen LogP contribution in [0.15, 0.2) is 48.4 Å². The van der Waals surface area contributed by atoms with E-state index in [0.717, 1.165) is 22.9 Å². The van der Waals surface area contributed by atoms with Crippen LogP contribution in [0.3, 0.4) is 0 Å². The summed E-state index contributed by atoms with van der Waals surface area (Å²) in [4.78, 5) is 2.07. The lowest BCUT2D eigenvalue weighted by Crippen LogP contribution is -2.20. The van der Waals surface area contributed by atoms with E-state index in [-0.39, 0.29) is 6.79 Å². The monoisotopic (exact) mass is 247 g/mol. The third-order valence-corrected chi connectivity index (χ3v) is 2.73. The van der Waals surface area contributed by atoms with Gasteiger partial charge in [-0.15, -0.1) is 6.58 Å². The highest BCUT2D eigenvalue weighted by molar-refractivity contribution is 5.61. The summed E-state index contributed by atoms with van der Waals surface area (Å²) < 4.78 is 11.0. The number of nitrogens with zero attached hydrogens (tertiary/aromatic N) is 1. The maximum atomic E-state index is 5.52. The van der Waals surface area contributed by atoms with Gasteiger partial charge in [0.15, 0.2) is 0 Å². The SMILES string of the molecule is C/C1=C(\C)N(C)c2ccccc2OCO1.C=CC. The Morgan fingerprint density at radius 2 is 1.83 bits per heavy atom. The van der Waals surface area contributed by atoms with Crippen molar-refractivity contribution in [2.75, 3.05) is 18.7 Å². The van der Waals surface area contributed by atoms with Gasteiger partial charge >= 0.3 is 0 Å². The number of ether oxygens (including phenoxy) is 2. The number of fused-ring (bicyclic) bond motifs is 1. The molecule has 1 aromatic rings. The van der Waals surface area contributed by atoms with Crippen molar-refractivity contribution in [3.8, 4) is 5.75 Å². The molecule has 98 valence electrons. The maximum absolute atomic E-state index is 5.52. The molecule has 0 unspecified atom stereocenters. The highest BCUT2D eigenvalue weighted by Crippen LogP contribution is 2.31. The van der Waals surface area contributed by atoms with Crippen LogP contribution in [0, 0.1) is 0 Å². The summed E-state index contributed by atoms with van der Waals surface area (Å²) in [6.45, 7) is 9.51. The van der Waals surface area contributed by atoms with E-state index in [1.165, 1.54) is 0 Å². The smallest absolute Gasteiger partial charge is 0.230 e. The first-order chi connectivity index (χ1) is 8.61. The number of hydrogen-bond donors (Lipinski definition) is 0. The van der Waals surface area contributed by atoms with Crippen LogP contribution in [-0.2, 0) is 4.74 Å². The van der Waals surface area contributed by atoms with E-state index in [4.69, 9.17) is 9.47 Å². The Hall–Kier alpha value is -1.90. The minimum atomic E-state index is 0.272. The molecule has 3 heteroatoms. The quantitative estimate of drug-likeness (QED) is 0.648. The first-order valence-corrected chi connectivity index (χ1v) is 5.94. The highest BCUT2D eigenvalue weighted by atomic mass is 16.7. The third kappa shape index (κ3) is 3.29. The van der Waals surface area contributed by atoms with Crippen molar-refractivity contribution < 1.29 is 9.47 Å². The molecule has 1 aliphatic rings. The summed E-state index contributed by atoms with van der Waals surface area (Å²) in [5.74, 6) is 1.75. The third-order valence-electron chi connectivity index (χ3n) is 2.73. The predicted molar refractivity (Wildman–Crippen MR) is 75.7 cm³/mol. The Balaban J connectivity index is 0.000000492. The molecule has 0 saturated carbocycles. The predicted octanol–water partition coefficient (Wildman–Crippen LogP) is 3.93. The Labute approximate surface area is 109 Å². The van der Waals surface area contributed by atoms with E-state index in [1.807, 2.05) is 52.1 Å². The Kier molecular flexibility index (Phi) is 5.31. The van der Waals surface area contributed by atoms with Crippen LogP contribution < -0.4 is 9.64 Å². The average molecular weight is 247 g/mol. The van der Waals surface area contributed by atoms with Gasteiger partial charge in [0.1, 0.15) is 11.5 Å². The molecule has 1 aromatic carbocycles. The minimum absolute atomic E-state index is 0.272. The van der Waals surface area contributed by atoms with Gasteiger partial charge in [0.2, 0.25) is 6.79 Å². The van der Waals surface area contributed by atoms with Gasteiger partial charge in [-0.05, 0) is 32.9 Å². The van der Waals surface area contributed by atoms with Crippen LogP contribution in [0.25, 0.3) is 0 Å². The number of hydrogen-bond acceptors (Lipinski definition) is 3. The molecule has 18 heavy (non-hydrogen) atoms. The number of benzene rings is 1. The zero-order valence-corrected chi connectivity index (χ0v) is 11.6. The summed E-state index contributed by atoms with van der Waals surface area (Å²) >= 11 is 0. The summed E-state index contributed by atoms with van der Waals surface area (Å²) in [5.41, 5.74) is 2.17. The fourth-order valence-electron chi connectivity index (χ4n) is 1.56. The van der Waals surface area contributed by atoms with E-state index >= 15 is 0 Å². The molecule has 0 atom stereocenters. The molecule has 0 aromatic heterocycles. The second-order valence-corrected chi connectivity index (χ2v) is 3.98. The van der Waals surface area contributed by atoms with Gasteiger partial charge in [0.05, 0.1) is 11.4 Å². The lowest BCUT2D eigenvalue weighted by atomic mass is 10.2. The number of anilines is 1. The topological polar surface area (TPSA) is 21.7 Å². The molecule has 1 aliphatic heterocycles. The highest BCUT2D eigenvalue weighted by Gasteiger charge is 2.14. The van der Waals surface area contributed by atoms with Gasteiger partial charge in [-0.1, -0.05) is 18.2 Å². The summed E-state index contributed by atoms with van der Waals surface area (Å²) in [6.07, 6.45) is 1.75. The van der Waals surface area contributed by atoms with E-state index in [2.05, 4.69) is 11.5 Å². The lowest BCUT2D eigenvalue weighted by molar-refractivity contribution is 0.0585. The Bertz CT molecular complexity index is 438. The molecule has 0 amide bonds. The average Bonchev–Trinajstić information content (AvgIpc) is 2.37. The van der Waals surface area contributed by atoms with Crippen LogP contribution in [0.5, 0.6) is 5.75 Å². The molecule has 0 spiro atoms. The molecule has 0 N–H and O–H groups in total. The normalized spacial score (nSPS) is 18.1. The van der Waals surface area contributed by atoms with E-state index in [1.54, 1.807) is 6.08 Å². The number of allylic oxidation sites excluding steroid dienone is 3. The zero-order chi connectivity index (χ0) is 13.5. The van der Waals surface area contributed by atoms with Crippen molar-refractivity contribution in [3.05, 3.63) is 48.4 Å². The molecule has 0 aliphatic carbocycles. The number of rotatable bonds is 0. The van der Waals surface area contributed by atoms with E-state index < -0.39 is 0 Å². The molecule has 0 fully saturated rings. The van der Waals surface area contributed by atoms with Gasteiger partial charge in [0.25, 0.3) is 0 Å². The minimum Gasteiger partial charge on any atom is -0.460 e. The number of para-hydroxylation sites is 2. The summed E-state index contributed by atoms with van der Waals surface area (Å²) in [7, 11) is 2.01. The van der Waals surface area contributed by atoms with Crippen LogP contribution >= 0.6 is 0 Å². The first-order valence-electron chi connectivity index (χ1n) is 5.94. The van der Waals surface area contributed by atoms with Crippen molar-refractivity contribution in [1.29, 1.82) is 0 Å². The van der Waals surface area contributed by atoms with Crippen molar-refractivity contribution in [3.63, 3.8) is 0 Å². The maximum Gasteiger partial charge on any atom is 0.230 e. The Morgan fingerprint density at radius 1 is 1.22 bits per heavy atom. The molecule has 0 bridgehead atoms. The van der Waals surface area contributed by atoms with Crippen molar-refractivity contribution in [2.24, 2.45) is 0 Å². The largest absolute Gasteiger partial charge is 0.460 e. The molecule has 0 saturated heterocycles. The van der Waals surface area contributed by atoms with Crippen LogP contribution in [0.2, 0.25) is 0 Å². The zero-order valence-electron chi connectivity index (χ0n) is 11.6. The van der Waals surface area contributed by atoms with Gasteiger partial charge in [-0.25, -0.2) is 0 Å². The molecule has 2 rings (SSSR count). The van der Waals surface area contributed by atoms with Crippen LogP contribution in [0.1, 0.15) is 20.8 Å². The van der Waals surface area contributed by atoms with Gasteiger partial charge in [-0.3, -0.25) is 0 Å². The van der Waals surface area contributed by atoms with E-state index in [0.29, 0.717) is 0 Å². The van der Waals surface area contributed by atoms with Gasteiger partial charge in [-0.2, -0.15) is 0 Å².